The molecule has 13 nitrogen and oxygen atoms in total. The van der Waals surface area contributed by atoms with Gasteiger partial charge in [-0.15, -0.1) is 4.52 Å². The number of H-pyrrole nitrogens is 1. The molecule has 6 atom stereocenters. The molecular formula is C11H17N3O10P2S. The highest BCUT2D eigenvalue weighted by Crippen LogP contribution is 2.46. The average molecular weight is 445 g/mol. The lowest BCUT2D eigenvalue weighted by Gasteiger charge is -2.31. The summed E-state index contributed by atoms with van der Waals surface area (Å²) in [7, 11) is -6.46. The van der Waals surface area contributed by atoms with Crippen LogP contribution in [0.15, 0.2) is 21.9 Å². The van der Waals surface area contributed by atoms with Gasteiger partial charge in [0, 0.05) is 25.9 Å². The standard InChI is InChI=1S/C11H17N3O10P2S/c1-21-7-8(24-25(17)27)11(4-12,5-22-26(18,19)20)23-9(7)14-3-2-6(15)13-10(14)16/h2-3,7-9H,4-5,12H2,1H3,(H3-,13,15,16,17,18,19,20,27)/t7-,8+,9-,11-/m1/s1. The summed E-state index contributed by atoms with van der Waals surface area (Å²) in [6, 6.07) is 1.05. The van der Waals surface area contributed by atoms with Crippen molar-refractivity contribution in [1.29, 1.82) is 0 Å². The maximum Gasteiger partial charge on any atom is 0.582 e. The minimum absolute atomic E-state index is 0.427. The molecule has 0 aliphatic carbocycles. The fourth-order valence-corrected chi connectivity index (χ4v) is 3.88. The third-order valence-electron chi connectivity index (χ3n) is 3.87. The fourth-order valence-electron chi connectivity index (χ4n) is 2.69. The highest BCUT2D eigenvalue weighted by molar-refractivity contribution is 8.39. The zero-order valence-corrected chi connectivity index (χ0v) is 16.5. The number of ether oxygens (including phenoxy) is 2. The van der Waals surface area contributed by atoms with E-state index < -0.39 is 63.5 Å². The van der Waals surface area contributed by atoms with Crippen LogP contribution in [0.4, 0.5) is 0 Å². The molecular weight excluding hydrogens is 428 g/mol. The highest BCUT2D eigenvalue weighted by atomic mass is 32.7. The zero-order chi connectivity index (χ0) is 20.4. The molecule has 27 heavy (non-hydrogen) atoms. The lowest BCUT2D eigenvalue weighted by molar-refractivity contribution is -0.227. The normalized spacial score (nSPS) is 30.9. The highest BCUT2D eigenvalue weighted by Gasteiger charge is 2.60. The maximum atomic E-state index is 12.1. The summed E-state index contributed by atoms with van der Waals surface area (Å²) in [5.74, 6) is 0. The van der Waals surface area contributed by atoms with E-state index in [1.165, 1.54) is 7.11 Å². The number of methoxy groups -OCH3 is 1. The number of phosphoric ester groups is 1. The Morgan fingerprint density at radius 1 is 1.59 bits per heavy atom. The molecule has 16 heteroatoms. The van der Waals surface area contributed by atoms with Crippen LogP contribution >= 0.6 is 27.3 Å². The van der Waals surface area contributed by atoms with Gasteiger partial charge in [0.1, 0.15) is 24.0 Å². The van der Waals surface area contributed by atoms with Crippen LogP contribution in [-0.2, 0) is 27.7 Å². The lowest BCUT2D eigenvalue weighted by atomic mass is 9.96. The average Bonchev–Trinajstić information content (AvgIpc) is 2.85. The second kappa shape index (κ2) is 8.62. The molecule has 0 amide bonds. The van der Waals surface area contributed by atoms with E-state index in [2.05, 4.69) is 16.8 Å². The second-order valence-electron chi connectivity index (χ2n) is 5.50. The second-order valence-corrected chi connectivity index (χ2v) is 8.36. The van der Waals surface area contributed by atoms with Crippen LogP contribution in [0.3, 0.4) is 0 Å². The van der Waals surface area contributed by atoms with Gasteiger partial charge >= 0.3 is 12.9 Å². The molecule has 0 bridgehead atoms. The monoisotopic (exact) mass is 445 g/mol. The quantitative estimate of drug-likeness (QED) is 0.261. The topological polar surface area (TPSA) is 195 Å². The van der Waals surface area contributed by atoms with Gasteiger partial charge in [-0.3, -0.25) is 18.9 Å². The zero-order valence-electron chi connectivity index (χ0n) is 13.8. The number of nitrogens with one attached hydrogen (secondary N) is 1. The summed E-state index contributed by atoms with van der Waals surface area (Å²) >= 11 is 3.66. The summed E-state index contributed by atoms with van der Waals surface area (Å²) in [4.78, 5) is 45.3. The van der Waals surface area contributed by atoms with Crippen LogP contribution in [0, 0.1) is 0 Å². The predicted molar refractivity (Wildman–Crippen MR) is 91.3 cm³/mol. The molecule has 2 unspecified atom stereocenters. The number of aromatic nitrogens is 2. The summed E-state index contributed by atoms with van der Waals surface area (Å²) < 4.78 is 44.1. The van der Waals surface area contributed by atoms with Gasteiger partial charge in [0.15, 0.2) is 12.3 Å². The van der Waals surface area contributed by atoms with Crippen molar-refractivity contribution >= 4 is 27.3 Å². The smallest absolute Gasteiger partial charge is 0.582 e. The Kier molecular flexibility index (Phi) is 7.14. The van der Waals surface area contributed by atoms with Crippen LogP contribution in [0.5, 0.6) is 0 Å². The van der Waals surface area contributed by atoms with Gasteiger partial charge in [0.2, 0.25) is 0 Å². The van der Waals surface area contributed by atoms with Crippen molar-refractivity contribution in [1.82, 2.24) is 9.55 Å². The Morgan fingerprint density at radius 2 is 2.26 bits per heavy atom. The van der Waals surface area contributed by atoms with Crippen molar-refractivity contribution in [2.75, 3.05) is 20.3 Å². The Hall–Kier alpha value is -0.920. The number of hydrogen-bond acceptors (Lipinski definition) is 10. The predicted octanol–water partition coefficient (Wildman–Crippen LogP) is -1.77. The Balaban J connectivity index is 2.51. The van der Waals surface area contributed by atoms with E-state index in [1.54, 1.807) is 0 Å². The molecule has 1 aromatic heterocycles. The van der Waals surface area contributed by atoms with Crippen LogP contribution in [0.1, 0.15) is 6.23 Å². The van der Waals surface area contributed by atoms with E-state index in [1.807, 2.05) is 4.98 Å². The molecule has 0 spiro atoms. The van der Waals surface area contributed by atoms with Gasteiger partial charge in [-0.2, -0.15) is 0 Å². The number of thiol groups is 1. The van der Waals surface area contributed by atoms with Gasteiger partial charge in [0.05, 0.1) is 6.61 Å². The Bertz CT molecular complexity index is 855. The fraction of sp³-hybridized carbons (Fsp3) is 0.636. The van der Waals surface area contributed by atoms with Crippen LogP contribution in [0.25, 0.3) is 0 Å². The maximum absolute atomic E-state index is 12.1. The minimum Gasteiger partial charge on any atom is -0.756 e. The Morgan fingerprint density at radius 3 is 2.74 bits per heavy atom. The number of aromatic amines is 1. The Labute approximate surface area is 158 Å². The van der Waals surface area contributed by atoms with E-state index >= 15 is 0 Å². The molecule has 2 rings (SSSR count). The summed E-state index contributed by atoms with van der Waals surface area (Å²) in [6.45, 7) is -1.25. The van der Waals surface area contributed by atoms with Gasteiger partial charge < -0.3 is 29.5 Å². The van der Waals surface area contributed by atoms with Crippen molar-refractivity contribution in [2.45, 2.75) is 24.0 Å². The molecule has 1 saturated heterocycles. The molecule has 0 aromatic carbocycles. The summed E-state index contributed by atoms with van der Waals surface area (Å²) in [5, 5.41) is 0. The van der Waals surface area contributed by atoms with Crippen LogP contribution in [-0.4, -0.2) is 52.5 Å². The third kappa shape index (κ3) is 5.12. The first kappa shape index (κ1) is 22.4. The molecule has 152 valence electrons. The summed E-state index contributed by atoms with van der Waals surface area (Å²) in [6.07, 6.45) is -2.57. The molecule has 0 radical (unpaired) electrons. The van der Waals surface area contributed by atoms with Gasteiger partial charge in [-0.25, -0.2) is 4.79 Å². The molecule has 1 aliphatic rings. The van der Waals surface area contributed by atoms with Crippen molar-refractivity contribution in [2.24, 2.45) is 5.73 Å². The summed E-state index contributed by atoms with van der Waals surface area (Å²) in [5.41, 5.74) is 2.41. The number of nitrogens with two attached hydrogens (primary N) is 1. The van der Waals surface area contributed by atoms with Crippen LogP contribution in [0.2, 0.25) is 0 Å². The molecule has 2 heterocycles. The molecule has 4 N–H and O–H groups in total. The van der Waals surface area contributed by atoms with Gasteiger partial charge in [0.25, 0.3) is 13.4 Å². The first-order valence-electron chi connectivity index (χ1n) is 7.26. The van der Waals surface area contributed by atoms with Crippen molar-refractivity contribution in [3.05, 3.63) is 33.1 Å². The number of hydrogen-bond donors (Lipinski definition) is 4. The first-order valence-corrected chi connectivity index (χ1v) is 11.1. The van der Waals surface area contributed by atoms with Crippen LogP contribution < -0.4 is 21.9 Å². The van der Waals surface area contributed by atoms with Gasteiger partial charge in [-0.05, 0) is 4.57 Å². The molecule has 1 aliphatic heterocycles. The molecule has 1 fully saturated rings. The van der Waals surface area contributed by atoms with Crippen molar-refractivity contribution in [3.8, 4) is 0 Å². The number of phosphoric acid groups is 1. The van der Waals surface area contributed by atoms with E-state index in [4.69, 9.17) is 24.6 Å². The molecule has 1 aromatic rings. The SMILES string of the molecule is CO[C@H]1[C@H](n2ccc(=O)[nH]c2=O)O[C@](CN)(COP(=O)([O-])O)[C@H]1O[P+](=O)S. The number of rotatable bonds is 8. The van der Waals surface area contributed by atoms with Crippen molar-refractivity contribution < 1.29 is 37.4 Å². The number of nitrogens with zero attached hydrogens (tertiary/aromatic N) is 1. The van der Waals surface area contributed by atoms with E-state index in [9.17, 15) is 23.6 Å². The minimum atomic E-state index is -5.16. The van der Waals surface area contributed by atoms with E-state index in [0.717, 1.165) is 16.8 Å². The van der Waals surface area contributed by atoms with Crippen molar-refractivity contribution in [3.63, 3.8) is 0 Å². The van der Waals surface area contributed by atoms with E-state index in [-0.39, 0.29) is 0 Å². The van der Waals surface area contributed by atoms with Gasteiger partial charge in [-0.1, -0.05) is 0 Å². The lowest BCUT2D eigenvalue weighted by Crippen LogP contribution is -2.53. The molecule has 0 saturated carbocycles. The first-order chi connectivity index (χ1) is 12.5. The third-order valence-corrected chi connectivity index (χ3v) is 5.02. The van der Waals surface area contributed by atoms with E-state index in [0.29, 0.717) is 0 Å². The largest absolute Gasteiger partial charge is 0.756 e.